The lowest BCUT2D eigenvalue weighted by Crippen LogP contribution is -2.29. The molecule has 1 amide bonds. The number of ether oxygens (including phenoxy) is 1. The van der Waals surface area contributed by atoms with Gasteiger partial charge in [0.25, 0.3) is 5.91 Å². The molecule has 2 aromatic rings. The maximum atomic E-state index is 12.8. The van der Waals surface area contributed by atoms with Gasteiger partial charge in [0, 0.05) is 6.54 Å². The van der Waals surface area contributed by atoms with Gasteiger partial charge in [0.2, 0.25) is 0 Å². The maximum absolute atomic E-state index is 12.8. The van der Waals surface area contributed by atoms with E-state index in [4.69, 9.17) is 10.5 Å². The first-order valence-corrected chi connectivity index (χ1v) is 7.75. The number of rotatable bonds is 4. The first-order valence-electron chi connectivity index (χ1n) is 7.75. The molecule has 1 saturated heterocycles. The third-order valence-electron chi connectivity index (χ3n) is 3.95. The molecule has 0 unspecified atom stereocenters. The Bertz CT molecular complexity index is 760. The Morgan fingerprint density at radius 2 is 2.20 bits per heavy atom. The highest BCUT2D eigenvalue weighted by molar-refractivity contribution is 5.94. The van der Waals surface area contributed by atoms with E-state index in [0.717, 1.165) is 18.6 Å². The number of nitrogens with two attached hydrogens (primary N) is 1. The molecule has 3 rings (SSSR count). The van der Waals surface area contributed by atoms with E-state index in [0.29, 0.717) is 18.7 Å². The molecule has 1 fully saturated rings. The summed E-state index contributed by atoms with van der Waals surface area (Å²) in [5, 5.41) is 6.65. The van der Waals surface area contributed by atoms with Crippen LogP contribution in [-0.2, 0) is 15.7 Å². The molecule has 3 N–H and O–H groups in total. The number of hydrogen-bond acceptors (Lipinski definition) is 4. The molecule has 1 aliphatic rings. The van der Waals surface area contributed by atoms with E-state index in [1.165, 1.54) is 29.2 Å². The van der Waals surface area contributed by atoms with Crippen LogP contribution in [0.1, 0.15) is 18.4 Å². The molecule has 2 heterocycles. The number of alkyl halides is 3. The highest BCUT2D eigenvalue weighted by Gasteiger charge is 2.31. The summed E-state index contributed by atoms with van der Waals surface area (Å²) in [5.41, 5.74) is 5.37. The van der Waals surface area contributed by atoms with E-state index in [1.54, 1.807) is 0 Å². The SMILES string of the molecule is NC[C@H]1CC[C@@H](C(=O)Nc2cnn(-c3cccc(C(F)(F)F)c3)c2)O1. The summed E-state index contributed by atoms with van der Waals surface area (Å²) < 4.78 is 45.1. The van der Waals surface area contributed by atoms with Gasteiger partial charge in [-0.25, -0.2) is 4.68 Å². The van der Waals surface area contributed by atoms with E-state index in [2.05, 4.69) is 10.4 Å². The number of carbonyl (C=O) groups is 1. The van der Waals surface area contributed by atoms with Crippen molar-refractivity contribution in [3.8, 4) is 5.69 Å². The fourth-order valence-electron chi connectivity index (χ4n) is 2.65. The highest BCUT2D eigenvalue weighted by atomic mass is 19.4. The Labute approximate surface area is 141 Å². The zero-order valence-corrected chi connectivity index (χ0v) is 13.2. The summed E-state index contributed by atoms with van der Waals surface area (Å²) >= 11 is 0. The van der Waals surface area contributed by atoms with E-state index in [-0.39, 0.29) is 17.7 Å². The number of nitrogens with one attached hydrogen (secondary N) is 1. The zero-order chi connectivity index (χ0) is 18.0. The lowest BCUT2D eigenvalue weighted by Gasteiger charge is -2.11. The van der Waals surface area contributed by atoms with Gasteiger partial charge in [-0.15, -0.1) is 0 Å². The monoisotopic (exact) mass is 354 g/mol. The first kappa shape index (κ1) is 17.4. The fourth-order valence-corrected chi connectivity index (χ4v) is 2.65. The van der Waals surface area contributed by atoms with Crippen LogP contribution < -0.4 is 11.1 Å². The average Bonchev–Trinajstić information content (AvgIpc) is 3.23. The number of aromatic nitrogens is 2. The Morgan fingerprint density at radius 1 is 1.40 bits per heavy atom. The number of benzene rings is 1. The van der Waals surface area contributed by atoms with Crippen LogP contribution in [0.15, 0.2) is 36.7 Å². The second-order valence-corrected chi connectivity index (χ2v) is 5.77. The van der Waals surface area contributed by atoms with Crippen molar-refractivity contribution in [2.75, 3.05) is 11.9 Å². The smallest absolute Gasteiger partial charge is 0.364 e. The van der Waals surface area contributed by atoms with Crippen molar-refractivity contribution in [1.82, 2.24) is 9.78 Å². The highest BCUT2D eigenvalue weighted by Crippen LogP contribution is 2.30. The predicted molar refractivity (Wildman–Crippen MR) is 84.1 cm³/mol. The van der Waals surface area contributed by atoms with Crippen LogP contribution in [0.2, 0.25) is 0 Å². The minimum atomic E-state index is -4.43. The quantitative estimate of drug-likeness (QED) is 0.883. The van der Waals surface area contributed by atoms with Crippen LogP contribution in [0, 0.1) is 0 Å². The van der Waals surface area contributed by atoms with Crippen molar-refractivity contribution in [3.05, 3.63) is 42.2 Å². The average molecular weight is 354 g/mol. The molecule has 0 spiro atoms. The molecule has 0 radical (unpaired) electrons. The summed E-state index contributed by atoms with van der Waals surface area (Å²) in [4.78, 5) is 12.1. The molecule has 6 nitrogen and oxygen atoms in total. The number of anilines is 1. The molecule has 134 valence electrons. The molecule has 1 aromatic carbocycles. The van der Waals surface area contributed by atoms with Gasteiger partial charge in [-0.1, -0.05) is 6.07 Å². The lowest BCUT2D eigenvalue weighted by molar-refractivity contribution is -0.137. The third kappa shape index (κ3) is 3.99. The molecule has 0 aliphatic carbocycles. The second-order valence-electron chi connectivity index (χ2n) is 5.77. The van der Waals surface area contributed by atoms with Gasteiger partial charge in [-0.3, -0.25) is 4.79 Å². The van der Waals surface area contributed by atoms with E-state index < -0.39 is 17.8 Å². The van der Waals surface area contributed by atoms with Crippen molar-refractivity contribution in [2.45, 2.75) is 31.2 Å². The topological polar surface area (TPSA) is 82.2 Å². The summed E-state index contributed by atoms with van der Waals surface area (Å²) in [6.45, 7) is 0.358. The van der Waals surface area contributed by atoms with Gasteiger partial charge in [-0.2, -0.15) is 18.3 Å². The van der Waals surface area contributed by atoms with Gasteiger partial charge < -0.3 is 15.8 Å². The normalized spacial score (nSPS) is 20.6. The van der Waals surface area contributed by atoms with E-state index in [1.807, 2.05) is 0 Å². The largest absolute Gasteiger partial charge is 0.416 e. The Kier molecular flexibility index (Phi) is 4.78. The van der Waals surface area contributed by atoms with E-state index in [9.17, 15) is 18.0 Å². The molecular weight excluding hydrogens is 337 g/mol. The number of nitrogens with zero attached hydrogens (tertiary/aromatic N) is 2. The Hall–Kier alpha value is -2.39. The molecule has 2 atom stereocenters. The number of hydrogen-bond donors (Lipinski definition) is 2. The Balaban J connectivity index is 1.70. The van der Waals surface area contributed by atoms with Crippen molar-refractivity contribution in [2.24, 2.45) is 5.73 Å². The van der Waals surface area contributed by atoms with Gasteiger partial charge in [0.15, 0.2) is 0 Å². The van der Waals surface area contributed by atoms with Gasteiger partial charge in [-0.05, 0) is 31.0 Å². The molecule has 9 heteroatoms. The third-order valence-corrected chi connectivity index (χ3v) is 3.95. The van der Waals surface area contributed by atoms with Crippen LogP contribution in [0.25, 0.3) is 5.69 Å². The van der Waals surface area contributed by atoms with Gasteiger partial charge >= 0.3 is 6.18 Å². The van der Waals surface area contributed by atoms with Crippen LogP contribution in [0.4, 0.5) is 18.9 Å². The van der Waals surface area contributed by atoms with Crippen LogP contribution in [-0.4, -0.2) is 34.4 Å². The molecular formula is C16H17F3N4O2. The molecule has 0 saturated carbocycles. The van der Waals surface area contributed by atoms with E-state index >= 15 is 0 Å². The van der Waals surface area contributed by atoms with Crippen molar-refractivity contribution in [1.29, 1.82) is 0 Å². The van der Waals surface area contributed by atoms with Gasteiger partial charge in [0.1, 0.15) is 6.10 Å². The lowest BCUT2D eigenvalue weighted by atomic mass is 10.2. The summed E-state index contributed by atoms with van der Waals surface area (Å²) in [5.74, 6) is -0.320. The summed E-state index contributed by atoms with van der Waals surface area (Å²) in [6.07, 6.45) is -1.02. The number of amides is 1. The van der Waals surface area contributed by atoms with Crippen LogP contribution >= 0.6 is 0 Å². The van der Waals surface area contributed by atoms with Crippen LogP contribution in [0.3, 0.4) is 0 Å². The van der Waals surface area contributed by atoms with Crippen LogP contribution in [0.5, 0.6) is 0 Å². The fraction of sp³-hybridized carbons (Fsp3) is 0.375. The minimum Gasteiger partial charge on any atom is -0.364 e. The molecule has 1 aromatic heterocycles. The Morgan fingerprint density at radius 3 is 2.88 bits per heavy atom. The second kappa shape index (κ2) is 6.85. The molecule has 0 bridgehead atoms. The van der Waals surface area contributed by atoms with Gasteiger partial charge in [0.05, 0.1) is 35.4 Å². The predicted octanol–water partition coefficient (Wildman–Crippen LogP) is 2.34. The van der Waals surface area contributed by atoms with Crippen molar-refractivity contribution in [3.63, 3.8) is 0 Å². The standard InChI is InChI=1S/C16H17F3N4O2/c17-16(18,19)10-2-1-3-12(6-10)23-9-11(8-21-23)22-15(24)14-5-4-13(7-20)25-14/h1-3,6,8-9,13-14H,4-5,7,20H2,(H,22,24)/t13-,14+/m1/s1. The molecule has 25 heavy (non-hydrogen) atoms. The van der Waals surface area contributed by atoms with Crippen molar-refractivity contribution < 1.29 is 22.7 Å². The minimum absolute atomic E-state index is 0.122. The zero-order valence-electron chi connectivity index (χ0n) is 13.2. The molecule has 1 aliphatic heterocycles. The number of carbonyl (C=O) groups excluding carboxylic acids is 1. The maximum Gasteiger partial charge on any atom is 0.416 e. The number of halogens is 3. The summed E-state index contributed by atoms with van der Waals surface area (Å²) in [7, 11) is 0. The first-order chi connectivity index (χ1) is 11.9. The van der Waals surface area contributed by atoms with Crippen molar-refractivity contribution >= 4 is 11.6 Å². The summed E-state index contributed by atoms with van der Waals surface area (Å²) in [6, 6.07) is 4.78.